The number of likely N-dealkylation sites (tertiary alicyclic amines) is 1. The molecule has 1 saturated heterocycles. The number of hydrogen-bond acceptors (Lipinski definition) is 3. The molecule has 3 nitrogen and oxygen atoms in total. The summed E-state index contributed by atoms with van der Waals surface area (Å²) < 4.78 is 5.90. The Hall–Kier alpha value is -0.410. The third-order valence-electron chi connectivity index (χ3n) is 4.08. The Balaban J connectivity index is 2.30. The molecule has 0 N–H and O–H groups in total. The lowest BCUT2D eigenvalue weighted by Gasteiger charge is -2.43. The van der Waals surface area contributed by atoms with Gasteiger partial charge in [0.2, 0.25) is 0 Å². The fourth-order valence-electron chi connectivity index (χ4n) is 2.00. The second-order valence-electron chi connectivity index (χ2n) is 6.30. The molecular formula is C14H27NO2. The Morgan fingerprint density at radius 2 is 1.88 bits per heavy atom. The highest BCUT2D eigenvalue weighted by atomic mass is 16.5. The average molecular weight is 241 g/mol. The molecule has 0 aromatic rings. The zero-order chi connectivity index (χ0) is 13.2. The Morgan fingerprint density at radius 3 is 2.29 bits per heavy atom. The average Bonchev–Trinajstić information content (AvgIpc) is 2.13. The molecule has 1 aliphatic heterocycles. The zero-order valence-electron chi connectivity index (χ0n) is 12.1. The predicted octanol–water partition coefficient (Wildman–Crippen LogP) is 2.35. The first-order chi connectivity index (χ1) is 7.74. The van der Waals surface area contributed by atoms with Gasteiger partial charge in [-0.25, -0.2) is 0 Å². The molecule has 1 atom stereocenters. The Kier molecular flexibility index (Phi) is 4.73. The Labute approximate surface area is 106 Å². The van der Waals surface area contributed by atoms with E-state index in [1.165, 1.54) is 0 Å². The van der Waals surface area contributed by atoms with Gasteiger partial charge in [0.15, 0.2) is 0 Å². The monoisotopic (exact) mass is 241 g/mol. The summed E-state index contributed by atoms with van der Waals surface area (Å²) in [6, 6.07) is 0.610. The lowest BCUT2D eigenvalue weighted by Crippen LogP contribution is -2.55. The van der Waals surface area contributed by atoms with Gasteiger partial charge in [0, 0.05) is 25.0 Å². The topological polar surface area (TPSA) is 29.5 Å². The van der Waals surface area contributed by atoms with Gasteiger partial charge in [0.25, 0.3) is 0 Å². The van der Waals surface area contributed by atoms with E-state index in [4.69, 9.17) is 4.74 Å². The van der Waals surface area contributed by atoms with Gasteiger partial charge < -0.3 is 4.74 Å². The summed E-state index contributed by atoms with van der Waals surface area (Å²) in [6.07, 6.45) is 0.357. The molecule has 1 fully saturated rings. The third-order valence-corrected chi connectivity index (χ3v) is 4.08. The van der Waals surface area contributed by atoms with Crippen molar-refractivity contribution in [3.8, 4) is 0 Å². The van der Waals surface area contributed by atoms with Crippen molar-refractivity contribution in [2.24, 2.45) is 11.3 Å². The van der Waals surface area contributed by atoms with Crippen molar-refractivity contribution in [2.75, 3.05) is 19.7 Å². The van der Waals surface area contributed by atoms with Crippen LogP contribution in [0.1, 0.15) is 41.5 Å². The van der Waals surface area contributed by atoms with Crippen molar-refractivity contribution in [3.63, 3.8) is 0 Å². The molecule has 0 aromatic carbocycles. The smallest absolute Gasteiger partial charge is 0.133 e. The Bertz CT molecular complexity index is 267. The van der Waals surface area contributed by atoms with Crippen LogP contribution in [-0.4, -0.2) is 42.5 Å². The van der Waals surface area contributed by atoms with Crippen LogP contribution in [0.2, 0.25) is 0 Å². The molecule has 0 radical (unpaired) electrons. The van der Waals surface area contributed by atoms with Crippen LogP contribution in [0.15, 0.2) is 0 Å². The molecule has 1 unspecified atom stereocenters. The van der Waals surface area contributed by atoms with Crippen LogP contribution in [-0.2, 0) is 9.53 Å². The van der Waals surface area contributed by atoms with E-state index in [0.717, 1.165) is 13.1 Å². The number of hydrogen-bond donors (Lipinski definition) is 0. The number of carbonyl (C=O) groups is 1. The fraction of sp³-hybridized carbons (Fsp3) is 0.929. The summed E-state index contributed by atoms with van der Waals surface area (Å²) >= 11 is 0. The van der Waals surface area contributed by atoms with E-state index in [0.29, 0.717) is 18.8 Å². The minimum absolute atomic E-state index is 0.0591. The lowest BCUT2D eigenvalue weighted by atomic mass is 9.78. The van der Waals surface area contributed by atoms with Gasteiger partial charge in [-0.1, -0.05) is 20.8 Å². The van der Waals surface area contributed by atoms with Crippen LogP contribution in [0, 0.1) is 11.3 Å². The molecule has 17 heavy (non-hydrogen) atoms. The SMILES string of the molecule is CC(=O)C(C)C(C)(C)COC1CN(C(C)C)C1. The van der Waals surface area contributed by atoms with Crippen molar-refractivity contribution in [3.05, 3.63) is 0 Å². The molecule has 0 aliphatic carbocycles. The van der Waals surface area contributed by atoms with E-state index in [1.807, 2.05) is 6.92 Å². The number of carbonyl (C=O) groups excluding carboxylic acids is 1. The van der Waals surface area contributed by atoms with Crippen molar-refractivity contribution in [1.82, 2.24) is 4.90 Å². The molecular weight excluding hydrogens is 214 g/mol. The van der Waals surface area contributed by atoms with Crippen LogP contribution in [0.4, 0.5) is 0 Å². The van der Waals surface area contributed by atoms with E-state index in [-0.39, 0.29) is 17.1 Å². The largest absolute Gasteiger partial charge is 0.375 e. The standard InChI is InChI=1S/C14H27NO2/c1-10(2)15-7-13(8-15)17-9-14(5,6)11(3)12(4)16/h10-11,13H,7-9H2,1-6H3. The lowest BCUT2D eigenvalue weighted by molar-refractivity contribution is -0.129. The van der Waals surface area contributed by atoms with E-state index < -0.39 is 0 Å². The van der Waals surface area contributed by atoms with Crippen molar-refractivity contribution in [1.29, 1.82) is 0 Å². The van der Waals surface area contributed by atoms with E-state index in [1.54, 1.807) is 6.92 Å². The molecule has 0 saturated carbocycles. The quantitative estimate of drug-likeness (QED) is 0.715. The molecule has 1 rings (SSSR count). The minimum Gasteiger partial charge on any atom is -0.375 e. The molecule has 0 bridgehead atoms. The second-order valence-corrected chi connectivity index (χ2v) is 6.30. The molecule has 100 valence electrons. The summed E-state index contributed by atoms with van der Waals surface area (Å²) in [6.45, 7) is 15.0. The van der Waals surface area contributed by atoms with Crippen molar-refractivity contribution in [2.45, 2.75) is 53.7 Å². The van der Waals surface area contributed by atoms with Crippen LogP contribution in [0.3, 0.4) is 0 Å². The third kappa shape index (κ3) is 3.78. The number of rotatable bonds is 6. The second kappa shape index (κ2) is 5.49. The van der Waals surface area contributed by atoms with Crippen LogP contribution < -0.4 is 0 Å². The number of nitrogens with zero attached hydrogens (tertiary/aromatic N) is 1. The van der Waals surface area contributed by atoms with Crippen molar-refractivity contribution >= 4 is 5.78 Å². The Morgan fingerprint density at radius 1 is 1.35 bits per heavy atom. The fourth-order valence-corrected chi connectivity index (χ4v) is 2.00. The molecule has 1 aliphatic rings. The first kappa shape index (κ1) is 14.7. The predicted molar refractivity (Wildman–Crippen MR) is 70.1 cm³/mol. The highest BCUT2D eigenvalue weighted by Gasteiger charge is 2.34. The van der Waals surface area contributed by atoms with Gasteiger partial charge in [-0.05, 0) is 26.2 Å². The highest BCUT2D eigenvalue weighted by Crippen LogP contribution is 2.29. The van der Waals surface area contributed by atoms with Gasteiger partial charge in [-0.2, -0.15) is 0 Å². The number of ether oxygens (including phenoxy) is 1. The van der Waals surface area contributed by atoms with Gasteiger partial charge in [0.05, 0.1) is 12.7 Å². The maximum absolute atomic E-state index is 11.4. The molecule has 1 heterocycles. The summed E-state index contributed by atoms with van der Waals surface area (Å²) in [5.74, 6) is 0.305. The summed E-state index contributed by atoms with van der Waals surface area (Å²) in [7, 11) is 0. The van der Waals surface area contributed by atoms with E-state index in [2.05, 4.69) is 32.6 Å². The summed E-state index contributed by atoms with van der Waals surface area (Å²) in [5.41, 5.74) is -0.0654. The van der Waals surface area contributed by atoms with E-state index >= 15 is 0 Å². The van der Waals surface area contributed by atoms with Gasteiger partial charge in [0.1, 0.15) is 5.78 Å². The highest BCUT2D eigenvalue weighted by molar-refractivity contribution is 5.78. The first-order valence-electron chi connectivity index (χ1n) is 6.60. The minimum atomic E-state index is -0.0654. The van der Waals surface area contributed by atoms with Crippen molar-refractivity contribution < 1.29 is 9.53 Å². The normalized spacial score (nSPS) is 20.4. The van der Waals surface area contributed by atoms with Gasteiger partial charge >= 0.3 is 0 Å². The zero-order valence-corrected chi connectivity index (χ0v) is 12.1. The maximum atomic E-state index is 11.4. The van der Waals surface area contributed by atoms with Crippen LogP contribution in [0.5, 0.6) is 0 Å². The summed E-state index contributed by atoms with van der Waals surface area (Å²) in [4.78, 5) is 13.8. The maximum Gasteiger partial charge on any atom is 0.133 e. The first-order valence-corrected chi connectivity index (χ1v) is 6.60. The molecule has 0 amide bonds. The van der Waals surface area contributed by atoms with Crippen LogP contribution >= 0.6 is 0 Å². The van der Waals surface area contributed by atoms with Crippen LogP contribution in [0.25, 0.3) is 0 Å². The van der Waals surface area contributed by atoms with E-state index in [9.17, 15) is 4.79 Å². The number of Topliss-reactive ketones (excluding diaryl/α,β-unsaturated/α-hetero) is 1. The molecule has 3 heteroatoms. The van der Waals surface area contributed by atoms with Gasteiger partial charge in [-0.3, -0.25) is 9.69 Å². The summed E-state index contributed by atoms with van der Waals surface area (Å²) in [5, 5.41) is 0. The molecule has 0 spiro atoms. The number of ketones is 1. The molecule has 0 aromatic heterocycles. The van der Waals surface area contributed by atoms with Gasteiger partial charge in [-0.15, -0.1) is 0 Å².